The molecule has 0 aliphatic carbocycles. The topological polar surface area (TPSA) is 17.1 Å². The number of aryl methyl sites for hydroxylation is 2. The van der Waals surface area contributed by atoms with Crippen molar-refractivity contribution in [1.82, 2.24) is 0 Å². The van der Waals surface area contributed by atoms with Gasteiger partial charge in [0.1, 0.15) is 5.82 Å². The third kappa shape index (κ3) is 3.90. The Morgan fingerprint density at radius 3 is 2.65 bits per heavy atom. The molecule has 0 aliphatic rings. The zero-order valence-electron chi connectivity index (χ0n) is 10.8. The van der Waals surface area contributed by atoms with E-state index in [1.54, 1.807) is 0 Å². The third-order valence-electron chi connectivity index (χ3n) is 2.95. The molecule has 0 aromatic heterocycles. The summed E-state index contributed by atoms with van der Waals surface area (Å²) in [7, 11) is -1.18. The Balaban J connectivity index is 2.04. The quantitative estimate of drug-likeness (QED) is 0.743. The molecule has 5 heteroatoms. The zero-order chi connectivity index (χ0) is 14.7. The minimum absolute atomic E-state index is 0.00957. The van der Waals surface area contributed by atoms with E-state index in [0.717, 1.165) is 15.6 Å². The number of hydrogen-bond donors (Lipinski definition) is 0. The van der Waals surface area contributed by atoms with Gasteiger partial charge in [-0.25, -0.2) is 4.39 Å². The highest BCUT2D eigenvalue weighted by atomic mass is 79.9. The molecule has 106 valence electrons. The summed E-state index contributed by atoms with van der Waals surface area (Å²) in [6, 6.07) is 10.3. The minimum atomic E-state index is -1.18. The fourth-order valence-electron chi connectivity index (χ4n) is 1.81. The van der Waals surface area contributed by atoms with Gasteiger partial charge in [0.05, 0.1) is 15.8 Å². The molecule has 2 rings (SSSR count). The molecule has 2 aromatic rings. The molecule has 0 heterocycles. The van der Waals surface area contributed by atoms with Crippen molar-refractivity contribution in [2.75, 3.05) is 5.75 Å². The van der Waals surface area contributed by atoms with Gasteiger partial charge >= 0.3 is 0 Å². The molecule has 1 nitrogen and oxygen atoms in total. The van der Waals surface area contributed by atoms with Gasteiger partial charge in [0, 0.05) is 15.1 Å². The summed E-state index contributed by atoms with van der Waals surface area (Å²) in [6.45, 7) is 2.02. The third-order valence-corrected chi connectivity index (χ3v) is 5.49. The van der Waals surface area contributed by atoms with Crippen LogP contribution in [0.4, 0.5) is 4.39 Å². The smallest absolute Gasteiger partial charge is 0.141 e. The number of halogens is 3. The molecule has 0 spiro atoms. The second-order valence-electron chi connectivity index (χ2n) is 4.46. The summed E-state index contributed by atoms with van der Waals surface area (Å²) >= 11 is 9.15. The molecule has 2 aromatic carbocycles. The highest BCUT2D eigenvalue weighted by molar-refractivity contribution is 9.10. The van der Waals surface area contributed by atoms with E-state index in [1.165, 1.54) is 18.2 Å². The molecule has 0 fully saturated rings. The predicted molar refractivity (Wildman–Crippen MR) is 85.3 cm³/mol. The van der Waals surface area contributed by atoms with E-state index in [4.69, 9.17) is 11.6 Å². The van der Waals surface area contributed by atoms with E-state index in [0.29, 0.717) is 17.1 Å². The first-order chi connectivity index (χ1) is 9.47. The highest BCUT2D eigenvalue weighted by Crippen LogP contribution is 2.20. The SMILES string of the molecule is Cc1cc(CCS(=O)c2ccc(F)c(Cl)c2)ccc1Br. The number of benzene rings is 2. The van der Waals surface area contributed by atoms with Crippen molar-refractivity contribution >= 4 is 38.3 Å². The van der Waals surface area contributed by atoms with Gasteiger partial charge in [-0.2, -0.15) is 0 Å². The van der Waals surface area contributed by atoms with Crippen LogP contribution in [0.5, 0.6) is 0 Å². The maximum Gasteiger partial charge on any atom is 0.141 e. The van der Waals surface area contributed by atoms with Crippen LogP contribution in [0.2, 0.25) is 5.02 Å². The van der Waals surface area contributed by atoms with Crippen molar-refractivity contribution in [3.05, 3.63) is 62.8 Å². The molecular weight excluding hydrogens is 363 g/mol. The van der Waals surface area contributed by atoms with Gasteiger partial charge in [-0.3, -0.25) is 4.21 Å². The van der Waals surface area contributed by atoms with Gasteiger partial charge in [0.15, 0.2) is 0 Å². The van der Waals surface area contributed by atoms with Crippen molar-refractivity contribution in [2.45, 2.75) is 18.2 Å². The van der Waals surface area contributed by atoms with Crippen LogP contribution in [0.25, 0.3) is 0 Å². The second kappa shape index (κ2) is 6.83. The van der Waals surface area contributed by atoms with Crippen LogP contribution < -0.4 is 0 Å². The Hall–Kier alpha value is -0.710. The van der Waals surface area contributed by atoms with E-state index in [-0.39, 0.29) is 5.02 Å². The average molecular weight is 376 g/mol. The van der Waals surface area contributed by atoms with E-state index in [1.807, 2.05) is 19.1 Å². The lowest BCUT2D eigenvalue weighted by molar-refractivity contribution is 0.626. The van der Waals surface area contributed by atoms with Crippen LogP contribution in [-0.2, 0) is 17.2 Å². The number of hydrogen-bond acceptors (Lipinski definition) is 1. The zero-order valence-corrected chi connectivity index (χ0v) is 14.0. The van der Waals surface area contributed by atoms with Crippen molar-refractivity contribution in [2.24, 2.45) is 0 Å². The monoisotopic (exact) mass is 374 g/mol. The maximum absolute atomic E-state index is 13.1. The van der Waals surface area contributed by atoms with Crippen molar-refractivity contribution in [3.8, 4) is 0 Å². The van der Waals surface area contributed by atoms with E-state index >= 15 is 0 Å². The first kappa shape index (κ1) is 15.7. The Morgan fingerprint density at radius 1 is 1.25 bits per heavy atom. The summed E-state index contributed by atoms with van der Waals surface area (Å²) in [4.78, 5) is 0.560. The van der Waals surface area contributed by atoms with Crippen LogP contribution in [0.15, 0.2) is 45.8 Å². The molecule has 0 amide bonds. The van der Waals surface area contributed by atoms with Crippen LogP contribution in [0.1, 0.15) is 11.1 Å². The summed E-state index contributed by atoms with van der Waals surface area (Å²) in [5, 5.41) is 0.00957. The fourth-order valence-corrected chi connectivity index (χ4v) is 3.43. The summed E-state index contributed by atoms with van der Waals surface area (Å²) in [5.74, 6) is -0.000739. The summed E-state index contributed by atoms with van der Waals surface area (Å²) in [6.07, 6.45) is 0.704. The molecule has 1 atom stereocenters. The molecule has 0 aliphatic heterocycles. The lowest BCUT2D eigenvalue weighted by atomic mass is 10.1. The molecule has 0 saturated heterocycles. The molecule has 0 N–H and O–H groups in total. The maximum atomic E-state index is 13.1. The normalized spacial score (nSPS) is 12.4. The molecule has 20 heavy (non-hydrogen) atoms. The van der Waals surface area contributed by atoms with Crippen LogP contribution in [0, 0.1) is 12.7 Å². The van der Waals surface area contributed by atoms with Crippen molar-refractivity contribution < 1.29 is 8.60 Å². The van der Waals surface area contributed by atoms with E-state index < -0.39 is 16.6 Å². The van der Waals surface area contributed by atoms with Crippen LogP contribution in [-0.4, -0.2) is 9.96 Å². The lowest BCUT2D eigenvalue weighted by Gasteiger charge is -2.06. The fraction of sp³-hybridized carbons (Fsp3) is 0.200. The second-order valence-corrected chi connectivity index (χ2v) is 7.29. The van der Waals surface area contributed by atoms with Crippen molar-refractivity contribution in [3.63, 3.8) is 0 Å². The van der Waals surface area contributed by atoms with Crippen molar-refractivity contribution in [1.29, 1.82) is 0 Å². The lowest BCUT2D eigenvalue weighted by Crippen LogP contribution is -2.02. The van der Waals surface area contributed by atoms with E-state index in [9.17, 15) is 8.60 Å². The van der Waals surface area contributed by atoms with Gasteiger partial charge in [0.25, 0.3) is 0 Å². The molecule has 1 unspecified atom stereocenters. The Kier molecular flexibility index (Phi) is 5.35. The first-order valence-corrected chi connectivity index (χ1v) is 8.55. The molecule has 0 bridgehead atoms. The Bertz CT molecular complexity index is 660. The van der Waals surface area contributed by atoms with Gasteiger partial charge < -0.3 is 0 Å². The predicted octanol–water partition coefficient (Wildman–Crippen LogP) is 4.90. The van der Waals surface area contributed by atoms with Gasteiger partial charge in [-0.05, 0) is 48.7 Å². The molecule has 0 saturated carbocycles. The Morgan fingerprint density at radius 2 is 2.00 bits per heavy atom. The number of rotatable bonds is 4. The van der Waals surface area contributed by atoms with Crippen LogP contribution in [0.3, 0.4) is 0 Å². The largest absolute Gasteiger partial charge is 0.254 e. The van der Waals surface area contributed by atoms with Gasteiger partial charge in [-0.15, -0.1) is 0 Å². The standard InChI is InChI=1S/C15H13BrClFOS/c1-10-8-11(2-4-13(10)16)6-7-20(19)12-3-5-15(18)14(17)9-12/h2-5,8-9H,6-7H2,1H3. The van der Waals surface area contributed by atoms with E-state index in [2.05, 4.69) is 22.0 Å². The molecule has 0 radical (unpaired) electrons. The molecular formula is C15H13BrClFOS. The summed E-state index contributed by atoms with van der Waals surface area (Å²) < 4.78 is 26.3. The summed E-state index contributed by atoms with van der Waals surface area (Å²) in [5.41, 5.74) is 2.28. The van der Waals surface area contributed by atoms with Gasteiger partial charge in [-0.1, -0.05) is 39.7 Å². The highest BCUT2D eigenvalue weighted by Gasteiger charge is 2.08. The Labute approximate surface area is 133 Å². The van der Waals surface area contributed by atoms with Crippen LogP contribution >= 0.6 is 27.5 Å². The minimum Gasteiger partial charge on any atom is -0.254 e. The average Bonchev–Trinajstić information content (AvgIpc) is 2.43. The first-order valence-electron chi connectivity index (χ1n) is 6.06. The van der Waals surface area contributed by atoms with Gasteiger partial charge in [0.2, 0.25) is 0 Å².